The van der Waals surface area contributed by atoms with Gasteiger partial charge in [0.05, 0.1) is 38.6 Å². The van der Waals surface area contributed by atoms with Crippen LogP contribution in [0.2, 0.25) is 0 Å². The largest absolute Gasteiger partial charge is 0.394 e. The number of carbonyl (C=O) groups excluding carboxylic acids is 1. The summed E-state index contributed by atoms with van der Waals surface area (Å²) in [5, 5.41) is 121. The molecule has 19 nitrogen and oxygen atoms in total. The summed E-state index contributed by atoms with van der Waals surface area (Å²) in [6, 6.07) is -1.03. The van der Waals surface area contributed by atoms with Crippen molar-refractivity contribution in [2.75, 3.05) is 26.4 Å². The number of aliphatic hydroxyl groups excluding tert-OH is 11. The van der Waals surface area contributed by atoms with Crippen molar-refractivity contribution in [1.82, 2.24) is 5.32 Å². The Kier molecular flexibility index (Phi) is 53.2. The highest BCUT2D eigenvalue weighted by Crippen LogP contribution is 2.33. The summed E-state index contributed by atoms with van der Waals surface area (Å²) in [5.74, 6) is -0.335. The van der Waals surface area contributed by atoms with Crippen molar-refractivity contribution < 1.29 is 89.4 Å². The minimum absolute atomic E-state index is 0.168. The van der Waals surface area contributed by atoms with Crippen molar-refractivity contribution in [2.24, 2.45) is 0 Å². The molecule has 19 heteroatoms. The minimum atomic E-state index is -1.99. The van der Waals surface area contributed by atoms with E-state index in [1.54, 1.807) is 6.08 Å². The van der Waals surface area contributed by atoms with Gasteiger partial charge in [0.1, 0.15) is 73.2 Å². The molecule has 0 saturated carbocycles. The second kappa shape index (κ2) is 59.5. The smallest absolute Gasteiger partial charge is 0.220 e. The van der Waals surface area contributed by atoms with Crippen LogP contribution in [0.3, 0.4) is 0 Å². The molecule has 3 fully saturated rings. The predicted octanol–water partition coefficient (Wildman–Crippen LogP) is 11.4. The van der Waals surface area contributed by atoms with Gasteiger partial charge in [0.25, 0.3) is 0 Å². The van der Waals surface area contributed by atoms with Crippen LogP contribution in [0.5, 0.6) is 0 Å². The van der Waals surface area contributed by atoms with Crippen LogP contribution in [0.1, 0.15) is 200 Å². The lowest BCUT2D eigenvalue weighted by molar-refractivity contribution is -0.379. The Bertz CT molecular complexity index is 2480. The van der Waals surface area contributed by atoms with Gasteiger partial charge in [-0.05, 0) is 122 Å². The van der Waals surface area contributed by atoms with Crippen molar-refractivity contribution in [3.05, 3.63) is 170 Å². The predicted molar refractivity (Wildman–Crippen MR) is 396 cm³/mol. The van der Waals surface area contributed by atoms with Gasteiger partial charge >= 0.3 is 0 Å². The molecule has 1 amide bonds. The summed E-state index contributed by atoms with van der Waals surface area (Å²) < 4.78 is 34.3. The summed E-state index contributed by atoms with van der Waals surface area (Å²) in [5.41, 5.74) is 0. The lowest BCUT2D eigenvalue weighted by Gasteiger charge is -2.48. The van der Waals surface area contributed by atoms with E-state index in [1.807, 2.05) is 6.08 Å². The first-order valence-corrected chi connectivity index (χ1v) is 37.4. The molecule has 17 unspecified atom stereocenters. The third-order valence-corrected chi connectivity index (χ3v) is 17.2. The Balaban J connectivity index is 1.39. The van der Waals surface area contributed by atoms with E-state index in [1.165, 1.54) is 57.8 Å². The standard InChI is InChI=1S/C81H129NO18/c1-3-5-7-9-11-13-15-17-19-21-22-23-24-25-26-27-28-29-30-31-32-33-34-35-36-37-38-39-40-41-42-43-45-47-49-51-53-55-57-59-69(87)82-64(65(86)58-56-54-52-50-48-46-44-20-18-16-14-12-10-8-6-4-2)63-95-79-75(93)72(90)77(67(61-84)97-79)100-81-76(94)73(91)78(68(62-85)98-81)99-80-74(92)71(89)70(88)66(60-83)96-80/h5,7,11,13,17,19,22-23,25-26,28-29,31-32,34-35,37-38,40-41,43,45,48-51,56,58,64-68,70-81,83-86,88-94H,3-4,6,8-10,12,14-16,18,20-21,24,27,30,33,36,39,42,44,46-47,52-55,57,59-63H2,1-2H3,(H,82,87)/b7-5-,13-11-,19-17-,23-22-,26-25-,29-28-,32-31-,35-34-,38-37-,41-40-,45-43-,50-48+,51-49-,58-56+. The van der Waals surface area contributed by atoms with E-state index in [0.717, 1.165) is 109 Å². The summed E-state index contributed by atoms with van der Waals surface area (Å²) >= 11 is 0. The first-order chi connectivity index (χ1) is 48.8. The molecule has 3 aliphatic heterocycles. The number of hydrogen-bond donors (Lipinski definition) is 12. The zero-order chi connectivity index (χ0) is 72.5. The number of amides is 1. The normalized spacial score (nSPS) is 27.5. The van der Waals surface area contributed by atoms with Gasteiger partial charge in [-0.1, -0.05) is 242 Å². The van der Waals surface area contributed by atoms with E-state index in [9.17, 15) is 61.0 Å². The highest BCUT2D eigenvalue weighted by molar-refractivity contribution is 5.76. The molecule has 3 saturated heterocycles. The molecule has 566 valence electrons. The van der Waals surface area contributed by atoms with Crippen LogP contribution in [0, 0.1) is 0 Å². The molecular formula is C81H129NO18. The van der Waals surface area contributed by atoms with Gasteiger partial charge in [0.15, 0.2) is 18.9 Å². The Hall–Kier alpha value is -4.85. The van der Waals surface area contributed by atoms with E-state index in [4.69, 9.17) is 28.4 Å². The van der Waals surface area contributed by atoms with Gasteiger partial charge in [0, 0.05) is 6.42 Å². The van der Waals surface area contributed by atoms with E-state index < -0.39 is 131 Å². The lowest BCUT2D eigenvalue weighted by atomic mass is 9.96. The summed E-state index contributed by atoms with van der Waals surface area (Å²) in [4.78, 5) is 13.4. The van der Waals surface area contributed by atoms with Crippen molar-refractivity contribution >= 4 is 5.91 Å². The van der Waals surface area contributed by atoms with Gasteiger partial charge < -0.3 is 89.9 Å². The van der Waals surface area contributed by atoms with Crippen LogP contribution in [-0.4, -0.2) is 193 Å². The van der Waals surface area contributed by atoms with Crippen LogP contribution in [-0.2, 0) is 33.2 Å². The molecule has 0 aromatic heterocycles. The van der Waals surface area contributed by atoms with Crippen molar-refractivity contribution in [3.8, 4) is 0 Å². The molecular weight excluding hydrogens is 1270 g/mol. The molecule has 3 aliphatic rings. The average Bonchev–Trinajstić information content (AvgIpc) is 0.784. The quantitative estimate of drug-likeness (QED) is 0.0199. The van der Waals surface area contributed by atoms with E-state index in [0.29, 0.717) is 12.8 Å². The monoisotopic (exact) mass is 1400 g/mol. The number of hydrogen-bond acceptors (Lipinski definition) is 18. The number of ether oxygens (including phenoxy) is 6. The summed E-state index contributed by atoms with van der Waals surface area (Å²) in [6.07, 6.45) is 62.0. The second-order valence-electron chi connectivity index (χ2n) is 25.7. The highest BCUT2D eigenvalue weighted by atomic mass is 16.8. The molecule has 3 heterocycles. The molecule has 0 spiro atoms. The number of rotatable bonds is 55. The Morgan fingerprint density at radius 2 is 0.700 bits per heavy atom. The third-order valence-electron chi connectivity index (χ3n) is 17.2. The molecule has 0 aromatic rings. The lowest BCUT2D eigenvalue weighted by Crippen LogP contribution is -2.66. The SMILES string of the molecule is CC/C=C\C/C=C\C/C=C\C/C=C\C/C=C\C/C=C\C/C=C\C/C=C\C/C=C\C/C=C\C/C=C\C/C=C\CCCCC(=O)NC(COC1OC(CO)C(OC2OC(CO)C(OC3OC(CO)C(O)C(O)C3O)C(O)C2O)C(O)C1O)C(O)/C=C/CC/C=C/CCCCCCCCCCCC. The first-order valence-electron chi connectivity index (χ1n) is 37.4. The molecule has 0 radical (unpaired) electrons. The molecule has 0 aliphatic carbocycles. The van der Waals surface area contributed by atoms with Crippen LogP contribution in [0.15, 0.2) is 170 Å². The maximum absolute atomic E-state index is 13.4. The highest BCUT2D eigenvalue weighted by Gasteiger charge is 2.53. The molecule has 0 bridgehead atoms. The van der Waals surface area contributed by atoms with E-state index in [2.05, 4.69) is 177 Å². The zero-order valence-corrected chi connectivity index (χ0v) is 60.1. The first kappa shape index (κ1) is 89.4. The maximum Gasteiger partial charge on any atom is 0.220 e. The van der Waals surface area contributed by atoms with E-state index in [-0.39, 0.29) is 12.3 Å². The van der Waals surface area contributed by atoms with Crippen LogP contribution >= 0.6 is 0 Å². The van der Waals surface area contributed by atoms with Crippen LogP contribution in [0.25, 0.3) is 0 Å². The van der Waals surface area contributed by atoms with E-state index >= 15 is 0 Å². The number of aliphatic hydroxyl groups is 11. The Morgan fingerprint density at radius 1 is 0.370 bits per heavy atom. The molecule has 3 rings (SSSR count). The van der Waals surface area contributed by atoms with Gasteiger partial charge in [0.2, 0.25) is 5.91 Å². The zero-order valence-electron chi connectivity index (χ0n) is 60.1. The summed E-state index contributed by atoms with van der Waals surface area (Å²) in [7, 11) is 0. The van der Waals surface area contributed by atoms with Crippen molar-refractivity contribution in [2.45, 2.75) is 304 Å². The van der Waals surface area contributed by atoms with Gasteiger partial charge in [-0.25, -0.2) is 0 Å². The van der Waals surface area contributed by atoms with Crippen molar-refractivity contribution in [1.29, 1.82) is 0 Å². The topological polar surface area (TPSA) is 307 Å². The van der Waals surface area contributed by atoms with Gasteiger partial charge in [-0.2, -0.15) is 0 Å². The number of allylic oxidation sites excluding steroid dienone is 27. The Morgan fingerprint density at radius 3 is 1.12 bits per heavy atom. The van der Waals surface area contributed by atoms with Crippen LogP contribution in [0.4, 0.5) is 0 Å². The maximum atomic E-state index is 13.4. The second-order valence-corrected chi connectivity index (χ2v) is 25.7. The molecule has 17 atom stereocenters. The third kappa shape index (κ3) is 39.7. The van der Waals surface area contributed by atoms with Gasteiger partial charge in [-0.15, -0.1) is 0 Å². The number of carbonyl (C=O) groups is 1. The summed E-state index contributed by atoms with van der Waals surface area (Å²) in [6.45, 7) is 1.53. The van der Waals surface area contributed by atoms with Crippen molar-refractivity contribution in [3.63, 3.8) is 0 Å². The van der Waals surface area contributed by atoms with Crippen LogP contribution < -0.4 is 5.32 Å². The number of unbranched alkanes of at least 4 members (excludes halogenated alkanes) is 13. The fourth-order valence-corrected chi connectivity index (χ4v) is 11.2. The minimum Gasteiger partial charge on any atom is -0.394 e. The fraction of sp³-hybridized carbons (Fsp3) is 0.642. The Labute approximate surface area is 598 Å². The van der Waals surface area contributed by atoms with Gasteiger partial charge in [-0.3, -0.25) is 4.79 Å². The molecule has 100 heavy (non-hydrogen) atoms. The fourth-order valence-electron chi connectivity index (χ4n) is 11.2. The molecule has 12 N–H and O–H groups in total. The molecule has 0 aromatic carbocycles. The average molecular weight is 1400 g/mol. The number of nitrogens with one attached hydrogen (secondary N) is 1.